The van der Waals surface area contributed by atoms with Crippen LogP contribution in [0.15, 0.2) is 23.0 Å². The monoisotopic (exact) mass is 319 g/mol. The van der Waals surface area contributed by atoms with Crippen LogP contribution in [-0.4, -0.2) is 59.9 Å². The van der Waals surface area contributed by atoms with E-state index in [1.165, 1.54) is 25.4 Å². The molecule has 0 bridgehead atoms. The van der Waals surface area contributed by atoms with Crippen molar-refractivity contribution in [1.82, 2.24) is 15.1 Å². The van der Waals surface area contributed by atoms with Gasteiger partial charge in [0.05, 0.1) is 17.9 Å². The SMILES string of the molecule is CC(C(=O)NC1CCCC1)N1CCN(C(=O)c2ccoc2)CC1. The van der Waals surface area contributed by atoms with E-state index in [1.807, 2.05) is 11.8 Å². The first-order valence-electron chi connectivity index (χ1n) is 8.51. The molecule has 1 aliphatic carbocycles. The summed E-state index contributed by atoms with van der Waals surface area (Å²) in [7, 11) is 0. The quantitative estimate of drug-likeness (QED) is 0.913. The summed E-state index contributed by atoms with van der Waals surface area (Å²) in [6.45, 7) is 4.69. The van der Waals surface area contributed by atoms with E-state index < -0.39 is 0 Å². The molecule has 23 heavy (non-hydrogen) atoms. The molecule has 6 heteroatoms. The van der Waals surface area contributed by atoms with Crippen LogP contribution in [-0.2, 0) is 4.79 Å². The number of piperazine rings is 1. The third kappa shape index (κ3) is 3.75. The molecule has 1 aromatic heterocycles. The van der Waals surface area contributed by atoms with Crippen molar-refractivity contribution < 1.29 is 14.0 Å². The number of nitrogens with one attached hydrogen (secondary N) is 1. The third-order valence-electron chi connectivity index (χ3n) is 5.00. The van der Waals surface area contributed by atoms with Crippen molar-refractivity contribution in [3.05, 3.63) is 24.2 Å². The first-order chi connectivity index (χ1) is 11.1. The Hall–Kier alpha value is -1.82. The minimum atomic E-state index is -0.137. The van der Waals surface area contributed by atoms with Crippen LogP contribution in [0.4, 0.5) is 0 Å². The first kappa shape index (κ1) is 16.1. The van der Waals surface area contributed by atoms with Gasteiger partial charge in [-0.3, -0.25) is 14.5 Å². The lowest BCUT2D eigenvalue weighted by Gasteiger charge is -2.37. The van der Waals surface area contributed by atoms with E-state index in [1.54, 1.807) is 6.07 Å². The Kier molecular flexibility index (Phi) is 5.00. The molecular weight excluding hydrogens is 294 g/mol. The van der Waals surface area contributed by atoms with Crippen LogP contribution in [0.2, 0.25) is 0 Å². The zero-order valence-corrected chi connectivity index (χ0v) is 13.7. The number of hydrogen-bond acceptors (Lipinski definition) is 4. The van der Waals surface area contributed by atoms with Gasteiger partial charge >= 0.3 is 0 Å². The molecule has 1 saturated carbocycles. The minimum absolute atomic E-state index is 0.00135. The average molecular weight is 319 g/mol. The van der Waals surface area contributed by atoms with E-state index in [0.29, 0.717) is 24.7 Å². The second kappa shape index (κ2) is 7.17. The van der Waals surface area contributed by atoms with Crippen LogP contribution in [0, 0.1) is 0 Å². The molecule has 1 aromatic rings. The highest BCUT2D eigenvalue weighted by Gasteiger charge is 2.29. The fourth-order valence-corrected chi connectivity index (χ4v) is 3.44. The highest BCUT2D eigenvalue weighted by Crippen LogP contribution is 2.18. The van der Waals surface area contributed by atoms with Crippen molar-refractivity contribution in [2.45, 2.75) is 44.7 Å². The van der Waals surface area contributed by atoms with Crippen LogP contribution in [0.3, 0.4) is 0 Å². The molecule has 1 atom stereocenters. The number of carbonyl (C=O) groups excluding carboxylic acids is 2. The van der Waals surface area contributed by atoms with Crippen molar-refractivity contribution >= 4 is 11.8 Å². The van der Waals surface area contributed by atoms with Crippen LogP contribution in [0.1, 0.15) is 43.0 Å². The summed E-state index contributed by atoms with van der Waals surface area (Å²) in [5.41, 5.74) is 0.588. The lowest BCUT2D eigenvalue weighted by atomic mass is 10.1. The lowest BCUT2D eigenvalue weighted by molar-refractivity contribution is -0.127. The molecule has 2 fully saturated rings. The molecule has 6 nitrogen and oxygen atoms in total. The summed E-state index contributed by atoms with van der Waals surface area (Å²) < 4.78 is 4.97. The highest BCUT2D eigenvalue weighted by atomic mass is 16.3. The molecular formula is C17H25N3O3. The molecule has 2 amide bonds. The van der Waals surface area contributed by atoms with Gasteiger partial charge in [-0.2, -0.15) is 0 Å². The maximum atomic E-state index is 12.4. The Morgan fingerprint density at radius 2 is 1.91 bits per heavy atom. The topological polar surface area (TPSA) is 65.8 Å². The van der Waals surface area contributed by atoms with Gasteiger partial charge in [0.2, 0.25) is 5.91 Å². The van der Waals surface area contributed by atoms with Crippen molar-refractivity contribution in [1.29, 1.82) is 0 Å². The maximum Gasteiger partial charge on any atom is 0.257 e. The van der Waals surface area contributed by atoms with E-state index >= 15 is 0 Å². The van der Waals surface area contributed by atoms with Crippen molar-refractivity contribution in [3.63, 3.8) is 0 Å². The summed E-state index contributed by atoms with van der Waals surface area (Å²) in [6, 6.07) is 1.91. The molecule has 0 radical (unpaired) electrons. The van der Waals surface area contributed by atoms with Crippen LogP contribution >= 0.6 is 0 Å². The Morgan fingerprint density at radius 1 is 1.22 bits per heavy atom. The fourth-order valence-electron chi connectivity index (χ4n) is 3.44. The van der Waals surface area contributed by atoms with Gasteiger partial charge in [0, 0.05) is 32.2 Å². The molecule has 1 saturated heterocycles. The van der Waals surface area contributed by atoms with Gasteiger partial charge < -0.3 is 14.6 Å². The molecule has 0 aromatic carbocycles. The van der Waals surface area contributed by atoms with Crippen molar-refractivity contribution in [2.75, 3.05) is 26.2 Å². The van der Waals surface area contributed by atoms with Crippen LogP contribution in [0.25, 0.3) is 0 Å². The summed E-state index contributed by atoms with van der Waals surface area (Å²) >= 11 is 0. The van der Waals surface area contributed by atoms with Gasteiger partial charge in [-0.05, 0) is 25.8 Å². The zero-order valence-electron chi connectivity index (χ0n) is 13.7. The lowest BCUT2D eigenvalue weighted by Crippen LogP contribution is -2.55. The zero-order chi connectivity index (χ0) is 16.2. The molecule has 3 rings (SSSR count). The van der Waals surface area contributed by atoms with E-state index in [0.717, 1.165) is 25.9 Å². The minimum Gasteiger partial charge on any atom is -0.472 e. The molecule has 126 valence electrons. The smallest absolute Gasteiger partial charge is 0.257 e. The second-order valence-corrected chi connectivity index (χ2v) is 6.51. The predicted octanol–water partition coefficient (Wildman–Crippen LogP) is 1.48. The Bertz CT molecular complexity index is 529. The van der Waals surface area contributed by atoms with Crippen LogP contribution < -0.4 is 5.32 Å². The summed E-state index contributed by atoms with van der Waals surface area (Å²) in [4.78, 5) is 28.6. The summed E-state index contributed by atoms with van der Waals surface area (Å²) in [5.74, 6) is 0.118. The van der Waals surface area contributed by atoms with Gasteiger partial charge in [0.25, 0.3) is 5.91 Å². The van der Waals surface area contributed by atoms with Crippen molar-refractivity contribution in [2.24, 2.45) is 0 Å². The average Bonchev–Trinajstić information content (AvgIpc) is 3.27. The third-order valence-corrected chi connectivity index (χ3v) is 5.00. The Balaban J connectivity index is 1.48. The second-order valence-electron chi connectivity index (χ2n) is 6.51. The summed E-state index contributed by atoms with van der Waals surface area (Å²) in [5, 5.41) is 3.16. The molecule has 1 N–H and O–H groups in total. The highest BCUT2D eigenvalue weighted by molar-refractivity contribution is 5.93. The maximum absolute atomic E-state index is 12.4. The normalized spacial score (nSPS) is 21.3. The Morgan fingerprint density at radius 3 is 2.52 bits per heavy atom. The molecule has 2 heterocycles. The first-order valence-corrected chi connectivity index (χ1v) is 8.51. The number of furan rings is 1. The number of hydrogen-bond donors (Lipinski definition) is 1. The van der Waals surface area contributed by atoms with Gasteiger partial charge in [0.15, 0.2) is 0 Å². The standard InChI is InChI=1S/C17H25N3O3/c1-13(16(21)18-15-4-2-3-5-15)19-7-9-20(10-8-19)17(22)14-6-11-23-12-14/h6,11-13,15H,2-5,7-10H2,1H3,(H,18,21). The van der Waals surface area contributed by atoms with Crippen LogP contribution in [0.5, 0.6) is 0 Å². The van der Waals surface area contributed by atoms with Gasteiger partial charge in [-0.25, -0.2) is 0 Å². The number of amides is 2. The predicted molar refractivity (Wildman–Crippen MR) is 86.0 cm³/mol. The molecule has 1 unspecified atom stereocenters. The van der Waals surface area contributed by atoms with Gasteiger partial charge in [-0.15, -0.1) is 0 Å². The summed E-state index contributed by atoms with van der Waals surface area (Å²) in [6.07, 6.45) is 7.63. The number of rotatable bonds is 4. The van der Waals surface area contributed by atoms with Gasteiger partial charge in [0.1, 0.15) is 6.26 Å². The molecule has 0 spiro atoms. The van der Waals surface area contributed by atoms with E-state index in [2.05, 4.69) is 10.2 Å². The fraction of sp³-hybridized carbons (Fsp3) is 0.647. The van der Waals surface area contributed by atoms with E-state index in [-0.39, 0.29) is 17.9 Å². The molecule has 2 aliphatic rings. The van der Waals surface area contributed by atoms with E-state index in [9.17, 15) is 9.59 Å². The number of nitrogens with zero attached hydrogens (tertiary/aromatic N) is 2. The van der Waals surface area contributed by atoms with E-state index in [4.69, 9.17) is 4.42 Å². The number of carbonyl (C=O) groups is 2. The Labute approximate surface area is 136 Å². The van der Waals surface area contributed by atoms with Gasteiger partial charge in [-0.1, -0.05) is 12.8 Å². The van der Waals surface area contributed by atoms with Crippen molar-refractivity contribution in [3.8, 4) is 0 Å². The molecule has 1 aliphatic heterocycles. The largest absolute Gasteiger partial charge is 0.472 e.